The lowest BCUT2D eigenvalue weighted by molar-refractivity contribution is -0.153. The number of halogens is 1. The van der Waals surface area contributed by atoms with E-state index in [0.717, 1.165) is 6.07 Å². The first-order valence-corrected chi connectivity index (χ1v) is 5.77. The van der Waals surface area contributed by atoms with Crippen LogP contribution in [0.1, 0.15) is 18.6 Å². The van der Waals surface area contributed by atoms with Gasteiger partial charge >= 0.3 is 5.97 Å². The predicted octanol–water partition coefficient (Wildman–Crippen LogP) is 1.61. The molecular formula is C13H13FN2O3. The highest BCUT2D eigenvalue weighted by Crippen LogP contribution is 2.20. The fourth-order valence-corrected chi connectivity index (χ4v) is 1.65. The van der Waals surface area contributed by atoms with Gasteiger partial charge in [-0.1, -0.05) is 6.07 Å². The number of carbonyl (C=O) groups excluding carboxylic acids is 1. The number of hydrogen-bond donors (Lipinski definition) is 1. The second kappa shape index (κ2) is 5.62. The summed E-state index contributed by atoms with van der Waals surface area (Å²) in [5, 5.41) is 13.6. The summed E-state index contributed by atoms with van der Waals surface area (Å²) in [5.41, 5.74) is 0.386. The number of benzene rings is 1. The van der Waals surface area contributed by atoms with Gasteiger partial charge in [0, 0.05) is 12.4 Å². The van der Waals surface area contributed by atoms with Crippen molar-refractivity contribution in [2.75, 3.05) is 6.61 Å². The standard InChI is InChI=1S/C13H13FN2O3/c1-2-19-13(18)12(17)9-4-5-11(10(14)8-9)16-7-3-6-15-16/h3-8,12,17H,2H2,1H3. The van der Waals surface area contributed by atoms with E-state index < -0.39 is 17.9 Å². The molecule has 0 aliphatic heterocycles. The molecule has 0 aliphatic carbocycles. The summed E-state index contributed by atoms with van der Waals surface area (Å²) in [5.74, 6) is -1.38. The van der Waals surface area contributed by atoms with Crippen molar-refractivity contribution in [1.29, 1.82) is 0 Å². The van der Waals surface area contributed by atoms with Crippen molar-refractivity contribution >= 4 is 5.97 Å². The number of rotatable bonds is 4. The molecule has 2 aromatic rings. The fraction of sp³-hybridized carbons (Fsp3) is 0.231. The molecule has 0 spiro atoms. The molecule has 0 radical (unpaired) electrons. The van der Waals surface area contributed by atoms with Crippen LogP contribution in [0.5, 0.6) is 0 Å². The summed E-state index contributed by atoms with van der Waals surface area (Å²) in [6.07, 6.45) is 1.64. The summed E-state index contributed by atoms with van der Waals surface area (Å²) in [4.78, 5) is 11.4. The van der Waals surface area contributed by atoms with Gasteiger partial charge < -0.3 is 9.84 Å². The first-order chi connectivity index (χ1) is 9.13. The number of aromatic nitrogens is 2. The van der Waals surface area contributed by atoms with E-state index in [1.165, 1.54) is 23.0 Å². The van der Waals surface area contributed by atoms with Crippen LogP contribution in [0.2, 0.25) is 0 Å². The van der Waals surface area contributed by atoms with Gasteiger partial charge in [0.15, 0.2) is 6.10 Å². The highest BCUT2D eigenvalue weighted by Gasteiger charge is 2.20. The van der Waals surface area contributed by atoms with Gasteiger partial charge in [-0.05, 0) is 30.7 Å². The van der Waals surface area contributed by atoms with Gasteiger partial charge in [0.2, 0.25) is 0 Å². The second-order valence-electron chi connectivity index (χ2n) is 3.82. The Morgan fingerprint density at radius 2 is 2.37 bits per heavy atom. The van der Waals surface area contributed by atoms with Crippen LogP contribution in [0.15, 0.2) is 36.7 Å². The molecule has 1 aromatic heterocycles. The van der Waals surface area contributed by atoms with Crippen LogP contribution in [0.3, 0.4) is 0 Å². The second-order valence-corrected chi connectivity index (χ2v) is 3.82. The molecule has 0 aliphatic rings. The largest absolute Gasteiger partial charge is 0.464 e. The highest BCUT2D eigenvalue weighted by molar-refractivity contribution is 5.76. The maximum Gasteiger partial charge on any atom is 0.339 e. The molecule has 1 N–H and O–H groups in total. The monoisotopic (exact) mass is 264 g/mol. The minimum atomic E-state index is -1.49. The maximum atomic E-state index is 13.9. The molecule has 2 rings (SSSR count). The van der Waals surface area contributed by atoms with Gasteiger partial charge in [0.1, 0.15) is 11.5 Å². The lowest BCUT2D eigenvalue weighted by Gasteiger charge is -2.11. The molecule has 1 unspecified atom stereocenters. The molecule has 0 saturated heterocycles. The Hall–Kier alpha value is -2.21. The van der Waals surface area contributed by atoms with Gasteiger partial charge in [-0.25, -0.2) is 13.9 Å². The summed E-state index contributed by atoms with van der Waals surface area (Å²) in [6, 6.07) is 5.67. The lowest BCUT2D eigenvalue weighted by atomic mass is 10.1. The van der Waals surface area contributed by atoms with Crippen LogP contribution in [-0.2, 0) is 9.53 Å². The summed E-state index contributed by atoms with van der Waals surface area (Å²) in [7, 11) is 0. The van der Waals surface area contributed by atoms with Crippen LogP contribution >= 0.6 is 0 Å². The van der Waals surface area contributed by atoms with Crippen molar-refractivity contribution in [2.45, 2.75) is 13.0 Å². The van der Waals surface area contributed by atoms with Crippen LogP contribution in [-0.4, -0.2) is 27.5 Å². The van der Waals surface area contributed by atoms with E-state index in [0.29, 0.717) is 0 Å². The van der Waals surface area contributed by atoms with Gasteiger partial charge in [-0.3, -0.25) is 0 Å². The third-order valence-corrected chi connectivity index (χ3v) is 2.55. The number of nitrogens with zero attached hydrogens (tertiary/aromatic N) is 2. The Morgan fingerprint density at radius 3 is 2.95 bits per heavy atom. The number of esters is 1. The van der Waals surface area contributed by atoms with Crippen LogP contribution < -0.4 is 0 Å². The first-order valence-electron chi connectivity index (χ1n) is 5.77. The molecule has 0 bridgehead atoms. The van der Waals surface area contributed by atoms with Gasteiger partial charge in [-0.15, -0.1) is 0 Å². The molecule has 6 heteroatoms. The van der Waals surface area contributed by atoms with E-state index >= 15 is 0 Å². The Labute approximate surface area is 109 Å². The third-order valence-electron chi connectivity index (χ3n) is 2.55. The lowest BCUT2D eigenvalue weighted by Crippen LogP contribution is -2.15. The predicted molar refractivity (Wildman–Crippen MR) is 65.1 cm³/mol. The quantitative estimate of drug-likeness (QED) is 0.852. The van der Waals surface area contributed by atoms with E-state index in [-0.39, 0.29) is 17.9 Å². The molecule has 0 amide bonds. The SMILES string of the molecule is CCOC(=O)C(O)c1ccc(-n2cccn2)c(F)c1. The Balaban J connectivity index is 2.26. The molecule has 0 saturated carbocycles. The van der Waals surface area contributed by atoms with E-state index in [2.05, 4.69) is 9.84 Å². The average Bonchev–Trinajstić information content (AvgIpc) is 2.91. The number of ether oxygens (including phenoxy) is 1. The number of carbonyl (C=O) groups is 1. The minimum absolute atomic E-state index is 0.145. The molecule has 1 atom stereocenters. The molecule has 1 heterocycles. The van der Waals surface area contributed by atoms with Crippen molar-refractivity contribution < 1.29 is 19.0 Å². The van der Waals surface area contributed by atoms with Crippen LogP contribution in [0, 0.1) is 5.82 Å². The van der Waals surface area contributed by atoms with E-state index in [9.17, 15) is 14.3 Å². The molecule has 0 fully saturated rings. The normalized spacial score (nSPS) is 12.2. The molecule has 5 nitrogen and oxygen atoms in total. The van der Waals surface area contributed by atoms with Crippen molar-refractivity contribution in [3.05, 3.63) is 48.0 Å². The molecule has 1 aromatic carbocycles. The van der Waals surface area contributed by atoms with Crippen LogP contribution in [0.25, 0.3) is 5.69 Å². The Bertz CT molecular complexity index is 569. The zero-order valence-electron chi connectivity index (χ0n) is 10.3. The molecular weight excluding hydrogens is 251 g/mol. The third kappa shape index (κ3) is 2.79. The molecule has 19 heavy (non-hydrogen) atoms. The maximum absolute atomic E-state index is 13.9. The van der Waals surface area contributed by atoms with Crippen molar-refractivity contribution in [2.24, 2.45) is 0 Å². The highest BCUT2D eigenvalue weighted by atomic mass is 19.1. The van der Waals surface area contributed by atoms with Crippen molar-refractivity contribution in [3.63, 3.8) is 0 Å². The van der Waals surface area contributed by atoms with Crippen LogP contribution in [0.4, 0.5) is 4.39 Å². The minimum Gasteiger partial charge on any atom is -0.464 e. The topological polar surface area (TPSA) is 64.3 Å². The Kier molecular flexibility index (Phi) is 3.91. The molecule has 100 valence electrons. The van der Waals surface area contributed by atoms with E-state index in [1.54, 1.807) is 19.2 Å². The fourth-order valence-electron chi connectivity index (χ4n) is 1.65. The van der Waals surface area contributed by atoms with Gasteiger partial charge in [0.05, 0.1) is 6.61 Å². The average molecular weight is 264 g/mol. The number of aliphatic hydroxyl groups is 1. The van der Waals surface area contributed by atoms with E-state index in [1.807, 2.05) is 0 Å². The summed E-state index contributed by atoms with van der Waals surface area (Å²) >= 11 is 0. The zero-order chi connectivity index (χ0) is 13.8. The van der Waals surface area contributed by atoms with Crippen molar-refractivity contribution in [1.82, 2.24) is 9.78 Å². The smallest absolute Gasteiger partial charge is 0.339 e. The summed E-state index contributed by atoms with van der Waals surface area (Å²) in [6.45, 7) is 1.79. The van der Waals surface area contributed by atoms with Gasteiger partial charge in [-0.2, -0.15) is 5.10 Å². The number of aliphatic hydroxyl groups excluding tert-OH is 1. The van der Waals surface area contributed by atoms with Gasteiger partial charge in [0.25, 0.3) is 0 Å². The van der Waals surface area contributed by atoms with Crippen molar-refractivity contribution in [3.8, 4) is 5.69 Å². The first kappa shape index (κ1) is 13.2. The van der Waals surface area contributed by atoms with E-state index in [4.69, 9.17) is 0 Å². The zero-order valence-corrected chi connectivity index (χ0v) is 10.3. The summed E-state index contributed by atoms with van der Waals surface area (Å²) < 4.78 is 19.9. The number of hydrogen-bond acceptors (Lipinski definition) is 4. The Morgan fingerprint density at radius 1 is 1.58 bits per heavy atom.